The number of carbonyl (C=O) groups excluding carboxylic acids is 1. The third-order valence-electron chi connectivity index (χ3n) is 4.04. The molecule has 2 aromatic carbocycles. The zero-order chi connectivity index (χ0) is 20.9. The van der Waals surface area contributed by atoms with Crippen LogP contribution in [0.25, 0.3) is 0 Å². The van der Waals surface area contributed by atoms with Gasteiger partial charge in [0.15, 0.2) is 15.7 Å². The van der Waals surface area contributed by atoms with Crippen molar-refractivity contribution in [2.75, 3.05) is 12.9 Å². The number of hydrogen-bond donors (Lipinski definition) is 1. The Balaban J connectivity index is 1.55. The molecule has 0 saturated carbocycles. The summed E-state index contributed by atoms with van der Waals surface area (Å²) in [4.78, 5) is 16.0. The topological polar surface area (TPSA) is 111 Å². The molecule has 0 spiro atoms. The number of ether oxygens (including phenoxy) is 1. The van der Waals surface area contributed by atoms with E-state index < -0.39 is 21.6 Å². The molecule has 0 fully saturated rings. The molecule has 0 radical (unpaired) electrons. The monoisotopic (exact) mass is 419 g/mol. The lowest BCUT2D eigenvalue weighted by molar-refractivity contribution is 0.0907. The van der Waals surface area contributed by atoms with E-state index in [1.807, 2.05) is 0 Å². The van der Waals surface area contributed by atoms with E-state index in [4.69, 9.17) is 9.26 Å². The highest BCUT2D eigenvalue weighted by atomic mass is 32.2. The lowest BCUT2D eigenvalue weighted by Crippen LogP contribution is -2.23. The van der Waals surface area contributed by atoms with Gasteiger partial charge in [-0.05, 0) is 42.0 Å². The van der Waals surface area contributed by atoms with E-state index in [0.29, 0.717) is 5.75 Å². The minimum Gasteiger partial charge on any atom is -0.497 e. The highest BCUT2D eigenvalue weighted by Gasteiger charge is 2.19. The van der Waals surface area contributed by atoms with Gasteiger partial charge in [0.1, 0.15) is 11.6 Å². The zero-order valence-corrected chi connectivity index (χ0v) is 16.3. The van der Waals surface area contributed by atoms with Gasteiger partial charge in [0.25, 0.3) is 0 Å². The lowest BCUT2D eigenvalue weighted by atomic mass is 10.2. The predicted molar refractivity (Wildman–Crippen MR) is 101 cm³/mol. The molecule has 3 rings (SSSR count). The third kappa shape index (κ3) is 5.38. The summed E-state index contributed by atoms with van der Waals surface area (Å²) in [6, 6.07) is 11.7. The summed E-state index contributed by atoms with van der Waals surface area (Å²) in [5.74, 6) is -0.853. The number of aryl methyl sites for hydroxylation is 1. The first-order valence-corrected chi connectivity index (χ1v) is 10.2. The molecule has 0 unspecified atom stereocenters. The van der Waals surface area contributed by atoms with Crippen LogP contribution in [0.15, 0.2) is 57.9 Å². The Labute approximate surface area is 166 Å². The van der Waals surface area contributed by atoms with Crippen LogP contribution in [-0.4, -0.2) is 37.3 Å². The Hall–Kier alpha value is -3.27. The fraction of sp³-hybridized carbons (Fsp3) is 0.211. The van der Waals surface area contributed by atoms with E-state index >= 15 is 0 Å². The van der Waals surface area contributed by atoms with Gasteiger partial charge in [0.2, 0.25) is 0 Å². The Morgan fingerprint density at radius 1 is 1.14 bits per heavy atom. The number of nitrogens with zero attached hydrogens (tertiary/aromatic N) is 2. The molecule has 10 heteroatoms. The van der Waals surface area contributed by atoms with Crippen molar-refractivity contribution >= 4 is 15.7 Å². The van der Waals surface area contributed by atoms with Gasteiger partial charge >= 0.3 is 11.8 Å². The molecule has 1 N–H and O–H groups in total. The van der Waals surface area contributed by atoms with Crippen molar-refractivity contribution in [3.8, 4) is 5.75 Å². The van der Waals surface area contributed by atoms with E-state index in [9.17, 15) is 17.6 Å². The molecule has 0 atom stereocenters. The maximum Gasteiger partial charge on any atom is 0.315 e. The second kappa shape index (κ2) is 8.82. The number of carbonyl (C=O) groups is 1. The first kappa shape index (κ1) is 20.5. The van der Waals surface area contributed by atoms with Crippen LogP contribution in [0.5, 0.6) is 5.75 Å². The highest BCUT2D eigenvalue weighted by Crippen LogP contribution is 2.14. The van der Waals surface area contributed by atoms with E-state index in [0.717, 1.165) is 17.7 Å². The van der Waals surface area contributed by atoms with Crippen molar-refractivity contribution in [3.63, 3.8) is 0 Å². The van der Waals surface area contributed by atoms with Crippen LogP contribution in [0.2, 0.25) is 0 Å². The Morgan fingerprint density at radius 3 is 2.48 bits per heavy atom. The van der Waals surface area contributed by atoms with Crippen LogP contribution >= 0.6 is 0 Å². The predicted octanol–water partition coefficient (Wildman–Crippen LogP) is 2.16. The summed E-state index contributed by atoms with van der Waals surface area (Å²) < 4.78 is 47.4. The van der Waals surface area contributed by atoms with Crippen LogP contribution in [-0.2, 0) is 22.8 Å². The molecule has 3 aromatic rings. The van der Waals surface area contributed by atoms with Crippen molar-refractivity contribution in [2.24, 2.45) is 0 Å². The minimum absolute atomic E-state index is 0.000136. The zero-order valence-electron chi connectivity index (χ0n) is 15.5. The number of rotatable bonds is 8. The highest BCUT2D eigenvalue weighted by molar-refractivity contribution is 7.91. The molecule has 1 aromatic heterocycles. The Morgan fingerprint density at radius 2 is 1.83 bits per heavy atom. The van der Waals surface area contributed by atoms with E-state index in [1.54, 1.807) is 31.4 Å². The molecule has 0 aliphatic carbocycles. The van der Waals surface area contributed by atoms with Crippen LogP contribution in [0.4, 0.5) is 4.39 Å². The Bertz CT molecular complexity index is 1080. The molecule has 29 heavy (non-hydrogen) atoms. The second-order valence-electron chi connectivity index (χ2n) is 6.07. The molecule has 1 amide bonds. The summed E-state index contributed by atoms with van der Waals surface area (Å²) in [5.41, 5.74) is 0.851. The van der Waals surface area contributed by atoms with Gasteiger partial charge in [0, 0.05) is 13.0 Å². The van der Waals surface area contributed by atoms with Gasteiger partial charge < -0.3 is 14.6 Å². The summed E-state index contributed by atoms with van der Waals surface area (Å²) in [6.07, 6.45) is -0.0467. The average Bonchev–Trinajstić information content (AvgIpc) is 3.20. The molecule has 0 aliphatic heterocycles. The summed E-state index contributed by atoms with van der Waals surface area (Å²) >= 11 is 0. The third-order valence-corrected chi connectivity index (χ3v) is 5.77. The maximum absolute atomic E-state index is 12.9. The summed E-state index contributed by atoms with van der Waals surface area (Å²) in [7, 11) is -2.07. The molecular formula is C19H18FN3O5S. The molecule has 0 bridgehead atoms. The lowest BCUT2D eigenvalue weighted by Gasteiger charge is -2.04. The SMILES string of the molecule is COc1ccc(CNC(=O)c2nc(CCS(=O)(=O)c3ccc(F)cc3)no2)cc1. The van der Waals surface area contributed by atoms with Crippen LogP contribution < -0.4 is 10.1 Å². The van der Waals surface area contributed by atoms with Gasteiger partial charge in [-0.25, -0.2) is 12.8 Å². The number of hydrogen-bond acceptors (Lipinski definition) is 7. The van der Waals surface area contributed by atoms with Crippen molar-refractivity contribution in [3.05, 3.63) is 71.6 Å². The first-order chi connectivity index (χ1) is 13.9. The van der Waals surface area contributed by atoms with Crippen molar-refractivity contribution in [2.45, 2.75) is 17.9 Å². The Kier molecular flexibility index (Phi) is 6.23. The number of nitrogens with one attached hydrogen (secondary N) is 1. The van der Waals surface area contributed by atoms with E-state index in [-0.39, 0.29) is 35.3 Å². The fourth-order valence-electron chi connectivity index (χ4n) is 2.43. The normalized spacial score (nSPS) is 11.2. The largest absolute Gasteiger partial charge is 0.497 e. The van der Waals surface area contributed by atoms with Gasteiger partial charge in [-0.15, -0.1) is 0 Å². The van der Waals surface area contributed by atoms with E-state index in [2.05, 4.69) is 15.5 Å². The van der Waals surface area contributed by atoms with Crippen LogP contribution in [0.1, 0.15) is 22.1 Å². The fourth-order valence-corrected chi connectivity index (χ4v) is 3.67. The molecular weight excluding hydrogens is 401 g/mol. The maximum atomic E-state index is 12.9. The van der Waals surface area contributed by atoms with Gasteiger partial charge in [-0.1, -0.05) is 17.3 Å². The molecule has 1 heterocycles. The van der Waals surface area contributed by atoms with E-state index in [1.165, 1.54) is 12.1 Å². The van der Waals surface area contributed by atoms with Crippen LogP contribution in [0.3, 0.4) is 0 Å². The quantitative estimate of drug-likeness (QED) is 0.557. The van der Waals surface area contributed by atoms with Crippen molar-refractivity contribution < 1.29 is 26.9 Å². The summed E-state index contributed by atoms with van der Waals surface area (Å²) in [6.45, 7) is 0.249. The molecule has 8 nitrogen and oxygen atoms in total. The van der Waals surface area contributed by atoms with Gasteiger partial charge in [0.05, 0.1) is 17.8 Å². The number of aromatic nitrogens is 2. The molecule has 0 aliphatic rings. The number of sulfone groups is 1. The molecule has 0 saturated heterocycles. The number of halogens is 1. The van der Waals surface area contributed by atoms with Gasteiger partial charge in [-0.2, -0.15) is 4.98 Å². The number of benzene rings is 2. The number of amides is 1. The minimum atomic E-state index is -3.64. The smallest absolute Gasteiger partial charge is 0.315 e. The standard InChI is InChI=1S/C19H18FN3O5S/c1-27-15-6-2-13(3-7-15)12-21-18(24)19-22-17(23-28-19)10-11-29(25,26)16-8-4-14(20)5-9-16/h2-9H,10-12H2,1H3,(H,21,24). The number of methoxy groups -OCH3 is 1. The second-order valence-corrected chi connectivity index (χ2v) is 8.18. The summed E-state index contributed by atoms with van der Waals surface area (Å²) in [5, 5.41) is 6.28. The van der Waals surface area contributed by atoms with Gasteiger partial charge in [-0.3, -0.25) is 4.79 Å². The molecule has 152 valence electrons. The average molecular weight is 419 g/mol. The van der Waals surface area contributed by atoms with Crippen LogP contribution in [0, 0.1) is 5.82 Å². The van der Waals surface area contributed by atoms with Crippen molar-refractivity contribution in [1.82, 2.24) is 15.5 Å². The van der Waals surface area contributed by atoms with Crippen molar-refractivity contribution in [1.29, 1.82) is 0 Å². The first-order valence-electron chi connectivity index (χ1n) is 8.59.